The molecule has 1 aromatic heterocycles. The molecule has 22 heavy (non-hydrogen) atoms. The molecule has 1 aromatic rings. The quantitative estimate of drug-likeness (QED) is 0.839. The lowest BCUT2D eigenvalue weighted by molar-refractivity contribution is -0.136. The van der Waals surface area contributed by atoms with Crippen molar-refractivity contribution in [2.24, 2.45) is 5.92 Å². The second-order valence-electron chi connectivity index (χ2n) is 6.41. The zero-order valence-corrected chi connectivity index (χ0v) is 13.1. The van der Waals surface area contributed by atoms with Crippen LogP contribution in [0.4, 0.5) is 0 Å². The van der Waals surface area contributed by atoms with Gasteiger partial charge in [-0.05, 0) is 43.7 Å². The normalized spacial score (nSPS) is 22.9. The van der Waals surface area contributed by atoms with Gasteiger partial charge in [0.1, 0.15) is 6.04 Å². The monoisotopic (exact) mass is 301 g/mol. The highest BCUT2D eigenvalue weighted by Gasteiger charge is 2.37. The molecule has 2 amide bonds. The minimum absolute atomic E-state index is 0.0747. The third-order valence-electron chi connectivity index (χ3n) is 4.80. The molecule has 1 atom stereocenters. The molecule has 0 radical (unpaired) electrons. The average Bonchev–Trinajstić information content (AvgIpc) is 3.04. The van der Waals surface area contributed by atoms with Crippen LogP contribution in [0.3, 0.4) is 0 Å². The van der Waals surface area contributed by atoms with Crippen molar-refractivity contribution in [3.63, 3.8) is 0 Å². The van der Waals surface area contributed by atoms with Gasteiger partial charge in [-0.1, -0.05) is 6.92 Å². The Morgan fingerprint density at radius 2 is 1.95 bits per heavy atom. The topological polar surface area (TPSA) is 53.5 Å². The van der Waals surface area contributed by atoms with Crippen LogP contribution in [0.2, 0.25) is 0 Å². The van der Waals surface area contributed by atoms with Crippen molar-refractivity contribution < 1.29 is 9.59 Å². The van der Waals surface area contributed by atoms with E-state index < -0.39 is 0 Å². The predicted octanol–water partition coefficient (Wildman–Crippen LogP) is 1.94. The maximum absolute atomic E-state index is 12.8. The molecule has 3 rings (SSSR count). The number of hydrogen-bond acceptors (Lipinski definition) is 3. The Balaban J connectivity index is 1.70. The summed E-state index contributed by atoms with van der Waals surface area (Å²) < 4.78 is 0. The van der Waals surface area contributed by atoms with E-state index in [-0.39, 0.29) is 17.9 Å². The van der Waals surface area contributed by atoms with Crippen molar-refractivity contribution in [1.82, 2.24) is 14.8 Å². The van der Waals surface area contributed by atoms with E-state index in [0.717, 1.165) is 38.8 Å². The molecule has 0 saturated carbocycles. The molecule has 118 valence electrons. The largest absolute Gasteiger partial charge is 0.341 e. The summed E-state index contributed by atoms with van der Waals surface area (Å²) in [6.45, 7) is 4.54. The maximum atomic E-state index is 12.8. The van der Waals surface area contributed by atoms with Crippen LogP contribution < -0.4 is 0 Å². The fraction of sp³-hybridized carbons (Fsp3) is 0.588. The maximum Gasteiger partial charge on any atom is 0.256 e. The lowest BCUT2D eigenvalue weighted by Crippen LogP contribution is -2.49. The van der Waals surface area contributed by atoms with Crippen LogP contribution >= 0.6 is 0 Å². The highest BCUT2D eigenvalue weighted by atomic mass is 16.2. The molecule has 2 saturated heterocycles. The van der Waals surface area contributed by atoms with E-state index in [1.165, 1.54) is 0 Å². The summed E-state index contributed by atoms with van der Waals surface area (Å²) in [5, 5.41) is 0. The van der Waals surface area contributed by atoms with Gasteiger partial charge < -0.3 is 9.80 Å². The number of aromatic nitrogens is 1. The first-order chi connectivity index (χ1) is 10.7. The second kappa shape index (κ2) is 6.46. The smallest absolute Gasteiger partial charge is 0.256 e. The SMILES string of the molecule is CC1CCN(C(=O)[C@@H]2CCCN2C(=O)c2cccnc2)CC1. The molecule has 5 nitrogen and oxygen atoms in total. The summed E-state index contributed by atoms with van der Waals surface area (Å²) in [7, 11) is 0. The van der Waals surface area contributed by atoms with E-state index in [4.69, 9.17) is 0 Å². The van der Waals surface area contributed by atoms with Crippen LogP contribution in [0.15, 0.2) is 24.5 Å². The van der Waals surface area contributed by atoms with Gasteiger partial charge in [0.2, 0.25) is 5.91 Å². The highest BCUT2D eigenvalue weighted by Crippen LogP contribution is 2.24. The van der Waals surface area contributed by atoms with Crippen LogP contribution in [0.5, 0.6) is 0 Å². The van der Waals surface area contributed by atoms with E-state index in [1.54, 1.807) is 29.4 Å². The number of likely N-dealkylation sites (tertiary alicyclic amines) is 2. The summed E-state index contributed by atoms with van der Waals surface area (Å²) in [5.41, 5.74) is 0.564. The van der Waals surface area contributed by atoms with E-state index >= 15 is 0 Å². The van der Waals surface area contributed by atoms with Gasteiger partial charge in [-0.2, -0.15) is 0 Å². The number of carbonyl (C=O) groups is 2. The molecule has 2 aliphatic heterocycles. The molecule has 2 fully saturated rings. The van der Waals surface area contributed by atoms with E-state index in [2.05, 4.69) is 11.9 Å². The summed E-state index contributed by atoms with van der Waals surface area (Å²) in [5.74, 6) is 0.747. The van der Waals surface area contributed by atoms with Gasteiger partial charge in [0.25, 0.3) is 5.91 Å². The van der Waals surface area contributed by atoms with Gasteiger partial charge in [-0.3, -0.25) is 14.6 Å². The van der Waals surface area contributed by atoms with Gasteiger partial charge in [0.15, 0.2) is 0 Å². The minimum atomic E-state index is -0.291. The Bertz CT molecular complexity index is 538. The minimum Gasteiger partial charge on any atom is -0.341 e. The van der Waals surface area contributed by atoms with Gasteiger partial charge in [-0.25, -0.2) is 0 Å². The van der Waals surface area contributed by atoms with Gasteiger partial charge in [0, 0.05) is 32.0 Å². The number of carbonyl (C=O) groups excluding carboxylic acids is 2. The summed E-state index contributed by atoms with van der Waals surface area (Å²) >= 11 is 0. The number of rotatable bonds is 2. The van der Waals surface area contributed by atoms with E-state index in [9.17, 15) is 9.59 Å². The fourth-order valence-electron chi connectivity index (χ4n) is 3.36. The third-order valence-corrected chi connectivity index (χ3v) is 4.80. The van der Waals surface area contributed by atoms with Crippen molar-refractivity contribution in [3.8, 4) is 0 Å². The van der Waals surface area contributed by atoms with E-state index in [0.29, 0.717) is 18.0 Å². The Hall–Kier alpha value is -1.91. The van der Waals surface area contributed by atoms with Crippen molar-refractivity contribution in [1.29, 1.82) is 0 Å². The molecule has 0 N–H and O–H groups in total. The second-order valence-corrected chi connectivity index (χ2v) is 6.41. The molecular formula is C17H23N3O2. The van der Waals surface area contributed by atoms with Crippen LogP contribution in [0.25, 0.3) is 0 Å². The molecular weight excluding hydrogens is 278 g/mol. The fourth-order valence-corrected chi connectivity index (χ4v) is 3.36. The number of nitrogens with zero attached hydrogens (tertiary/aromatic N) is 3. The van der Waals surface area contributed by atoms with Gasteiger partial charge in [-0.15, -0.1) is 0 Å². The van der Waals surface area contributed by atoms with Crippen LogP contribution in [0, 0.1) is 5.92 Å². The molecule has 2 aliphatic rings. The molecule has 0 unspecified atom stereocenters. The number of amides is 2. The van der Waals surface area contributed by atoms with Gasteiger partial charge in [0.05, 0.1) is 5.56 Å². The van der Waals surface area contributed by atoms with Crippen LogP contribution in [-0.4, -0.2) is 52.3 Å². The first-order valence-electron chi connectivity index (χ1n) is 8.16. The Morgan fingerprint density at radius 3 is 2.64 bits per heavy atom. The van der Waals surface area contributed by atoms with Crippen molar-refractivity contribution in [2.75, 3.05) is 19.6 Å². The third kappa shape index (κ3) is 2.98. The lowest BCUT2D eigenvalue weighted by atomic mass is 9.98. The zero-order chi connectivity index (χ0) is 15.5. The first-order valence-corrected chi connectivity index (χ1v) is 8.16. The van der Waals surface area contributed by atoms with Crippen LogP contribution in [-0.2, 0) is 4.79 Å². The summed E-state index contributed by atoms with van der Waals surface area (Å²) in [6, 6.07) is 3.23. The van der Waals surface area contributed by atoms with E-state index in [1.807, 2.05) is 4.90 Å². The number of hydrogen-bond donors (Lipinski definition) is 0. The molecule has 0 spiro atoms. The average molecular weight is 301 g/mol. The van der Waals surface area contributed by atoms with Crippen molar-refractivity contribution in [3.05, 3.63) is 30.1 Å². The van der Waals surface area contributed by atoms with Crippen LogP contribution in [0.1, 0.15) is 43.0 Å². The molecule has 5 heteroatoms. The molecule has 0 bridgehead atoms. The lowest BCUT2D eigenvalue weighted by Gasteiger charge is -2.34. The molecule has 0 aromatic carbocycles. The summed E-state index contributed by atoms with van der Waals surface area (Å²) in [6.07, 6.45) is 7.02. The number of pyridine rings is 1. The standard InChI is InChI=1S/C17H23N3O2/c1-13-6-10-19(11-7-13)17(22)15-5-3-9-20(15)16(21)14-4-2-8-18-12-14/h2,4,8,12-13,15H,3,5-7,9-11H2,1H3/t15-/m0/s1. The number of piperidine rings is 1. The Morgan fingerprint density at radius 1 is 1.18 bits per heavy atom. The summed E-state index contributed by atoms with van der Waals surface area (Å²) in [4.78, 5) is 33.1. The molecule has 3 heterocycles. The van der Waals surface area contributed by atoms with Crippen molar-refractivity contribution in [2.45, 2.75) is 38.6 Å². The van der Waals surface area contributed by atoms with Crippen molar-refractivity contribution >= 4 is 11.8 Å². The van der Waals surface area contributed by atoms with Gasteiger partial charge >= 0.3 is 0 Å². The molecule has 0 aliphatic carbocycles. The highest BCUT2D eigenvalue weighted by molar-refractivity contribution is 5.97. The Labute approximate surface area is 131 Å². The first kappa shape index (κ1) is 15.0. The zero-order valence-electron chi connectivity index (χ0n) is 13.1. The Kier molecular flexibility index (Phi) is 4.41. The predicted molar refractivity (Wildman–Crippen MR) is 83.3 cm³/mol.